The Morgan fingerprint density at radius 3 is 2.79 bits per heavy atom. The maximum absolute atomic E-state index is 6.20. The second kappa shape index (κ2) is 6.08. The van der Waals surface area contributed by atoms with Gasteiger partial charge in [0.25, 0.3) is 0 Å². The quantitative estimate of drug-likeness (QED) is 0.915. The van der Waals surface area contributed by atoms with E-state index in [1.165, 1.54) is 5.56 Å². The highest BCUT2D eigenvalue weighted by atomic mass is 35.5. The Morgan fingerprint density at radius 1 is 1.37 bits per heavy atom. The van der Waals surface area contributed by atoms with Crippen LogP contribution in [0.1, 0.15) is 17.0 Å². The van der Waals surface area contributed by atoms with Gasteiger partial charge in [-0.2, -0.15) is 5.10 Å². The lowest BCUT2D eigenvalue weighted by Gasteiger charge is -2.07. The number of nitrogens with zero attached hydrogens (tertiary/aromatic N) is 2. The van der Waals surface area contributed by atoms with E-state index in [1.807, 2.05) is 36.9 Å². The molecule has 1 N–H and O–H groups in total. The number of nitrogens with one attached hydrogen (secondary N) is 1. The normalized spacial score (nSPS) is 10.7. The summed E-state index contributed by atoms with van der Waals surface area (Å²) < 4.78 is 7.01. The third kappa shape index (κ3) is 3.28. The summed E-state index contributed by atoms with van der Waals surface area (Å²) in [5.74, 6) is 0.869. The largest absolute Gasteiger partial charge is 0.497 e. The van der Waals surface area contributed by atoms with Gasteiger partial charge in [0, 0.05) is 20.1 Å². The fourth-order valence-electron chi connectivity index (χ4n) is 1.98. The minimum atomic E-state index is 0.688. The molecule has 0 saturated carbocycles. The molecule has 0 amide bonds. The van der Waals surface area contributed by atoms with E-state index >= 15 is 0 Å². The number of rotatable bonds is 5. The van der Waals surface area contributed by atoms with Gasteiger partial charge in [0.1, 0.15) is 5.75 Å². The maximum atomic E-state index is 6.20. The van der Waals surface area contributed by atoms with Crippen molar-refractivity contribution in [2.24, 2.45) is 7.05 Å². The molecular formula is C14H18ClN3O. The molecule has 0 atom stereocenters. The van der Waals surface area contributed by atoms with Crippen LogP contribution in [-0.2, 0) is 20.1 Å². The molecule has 0 unspecified atom stereocenters. The molecule has 1 heterocycles. The number of aryl methyl sites for hydroxylation is 2. The molecule has 0 spiro atoms. The van der Waals surface area contributed by atoms with Gasteiger partial charge in [0.05, 0.1) is 23.5 Å². The van der Waals surface area contributed by atoms with Crippen LogP contribution < -0.4 is 10.1 Å². The topological polar surface area (TPSA) is 39.1 Å². The first-order valence-electron chi connectivity index (χ1n) is 6.13. The van der Waals surface area contributed by atoms with Crippen LogP contribution in [0.15, 0.2) is 24.3 Å². The van der Waals surface area contributed by atoms with Gasteiger partial charge in [0.2, 0.25) is 0 Å². The molecular weight excluding hydrogens is 262 g/mol. The molecule has 0 bridgehead atoms. The van der Waals surface area contributed by atoms with Crippen molar-refractivity contribution in [1.29, 1.82) is 0 Å². The molecule has 4 nitrogen and oxygen atoms in total. The summed E-state index contributed by atoms with van der Waals surface area (Å²) in [6, 6.07) is 8.00. The van der Waals surface area contributed by atoms with Crippen LogP contribution in [0.2, 0.25) is 5.02 Å². The molecule has 0 aliphatic carbocycles. The highest BCUT2D eigenvalue weighted by Crippen LogP contribution is 2.19. The molecule has 2 rings (SSSR count). The van der Waals surface area contributed by atoms with Crippen molar-refractivity contribution < 1.29 is 4.74 Å². The lowest BCUT2D eigenvalue weighted by atomic mass is 10.2. The SMILES string of the molecule is COc1cccc(CNCc2c(Cl)c(C)nn2C)c1. The standard InChI is InChI=1S/C14H18ClN3O/c1-10-14(15)13(18(2)17-10)9-16-8-11-5-4-6-12(7-11)19-3/h4-7,16H,8-9H2,1-3H3. The molecule has 19 heavy (non-hydrogen) atoms. The molecule has 0 aliphatic rings. The van der Waals surface area contributed by atoms with E-state index < -0.39 is 0 Å². The molecule has 102 valence electrons. The summed E-state index contributed by atoms with van der Waals surface area (Å²) in [7, 11) is 3.58. The summed E-state index contributed by atoms with van der Waals surface area (Å²) in [6.07, 6.45) is 0. The van der Waals surface area contributed by atoms with Gasteiger partial charge in [0.15, 0.2) is 0 Å². The summed E-state index contributed by atoms with van der Waals surface area (Å²) in [4.78, 5) is 0. The second-order valence-corrected chi connectivity index (χ2v) is 4.80. The molecule has 1 aromatic heterocycles. The van der Waals surface area contributed by atoms with Gasteiger partial charge >= 0.3 is 0 Å². The smallest absolute Gasteiger partial charge is 0.119 e. The van der Waals surface area contributed by atoms with E-state index in [2.05, 4.69) is 16.5 Å². The van der Waals surface area contributed by atoms with Gasteiger partial charge in [-0.25, -0.2) is 0 Å². The lowest BCUT2D eigenvalue weighted by Crippen LogP contribution is -2.15. The number of ether oxygens (including phenoxy) is 1. The Morgan fingerprint density at radius 2 is 2.16 bits per heavy atom. The zero-order valence-electron chi connectivity index (χ0n) is 11.4. The van der Waals surface area contributed by atoms with E-state index in [1.54, 1.807) is 7.11 Å². The van der Waals surface area contributed by atoms with Crippen molar-refractivity contribution in [3.05, 3.63) is 46.2 Å². The van der Waals surface area contributed by atoms with Crippen LogP contribution in [0.25, 0.3) is 0 Å². The Kier molecular flexibility index (Phi) is 4.45. The van der Waals surface area contributed by atoms with Crippen LogP contribution in [-0.4, -0.2) is 16.9 Å². The van der Waals surface area contributed by atoms with Crippen molar-refractivity contribution in [1.82, 2.24) is 15.1 Å². The molecule has 5 heteroatoms. The highest BCUT2D eigenvalue weighted by molar-refractivity contribution is 6.31. The van der Waals surface area contributed by atoms with Gasteiger partial charge in [-0.05, 0) is 24.6 Å². The monoisotopic (exact) mass is 279 g/mol. The van der Waals surface area contributed by atoms with Crippen LogP contribution in [0.4, 0.5) is 0 Å². The molecule has 2 aromatic rings. The second-order valence-electron chi connectivity index (χ2n) is 4.42. The van der Waals surface area contributed by atoms with E-state index in [0.717, 1.165) is 28.7 Å². The third-order valence-corrected chi connectivity index (χ3v) is 3.51. The van der Waals surface area contributed by atoms with E-state index in [0.29, 0.717) is 6.54 Å². The zero-order chi connectivity index (χ0) is 13.8. The van der Waals surface area contributed by atoms with Crippen molar-refractivity contribution in [3.63, 3.8) is 0 Å². The van der Waals surface area contributed by atoms with Gasteiger partial charge in [-0.3, -0.25) is 4.68 Å². The predicted molar refractivity (Wildman–Crippen MR) is 76.5 cm³/mol. The summed E-state index contributed by atoms with van der Waals surface area (Å²) >= 11 is 6.20. The van der Waals surface area contributed by atoms with E-state index in [-0.39, 0.29) is 0 Å². The minimum Gasteiger partial charge on any atom is -0.497 e. The first-order chi connectivity index (χ1) is 9.11. The van der Waals surface area contributed by atoms with Gasteiger partial charge in [-0.1, -0.05) is 23.7 Å². The van der Waals surface area contributed by atoms with Crippen LogP contribution in [0.3, 0.4) is 0 Å². The fraction of sp³-hybridized carbons (Fsp3) is 0.357. The van der Waals surface area contributed by atoms with Crippen molar-refractivity contribution in [2.75, 3.05) is 7.11 Å². The number of methoxy groups -OCH3 is 1. The Balaban J connectivity index is 1.96. The predicted octanol–water partition coefficient (Wildman–Crippen LogP) is 2.68. The average Bonchev–Trinajstić information content (AvgIpc) is 2.65. The van der Waals surface area contributed by atoms with Crippen molar-refractivity contribution >= 4 is 11.6 Å². The Labute approximate surface area is 118 Å². The fourth-order valence-corrected chi connectivity index (χ4v) is 2.21. The number of hydrogen-bond donors (Lipinski definition) is 1. The van der Waals surface area contributed by atoms with Crippen LogP contribution in [0.5, 0.6) is 5.75 Å². The van der Waals surface area contributed by atoms with Crippen molar-refractivity contribution in [3.8, 4) is 5.75 Å². The zero-order valence-corrected chi connectivity index (χ0v) is 12.2. The molecule has 0 aliphatic heterocycles. The summed E-state index contributed by atoms with van der Waals surface area (Å²) in [5, 5.41) is 8.39. The molecule has 0 saturated heterocycles. The van der Waals surface area contributed by atoms with E-state index in [4.69, 9.17) is 16.3 Å². The number of hydrogen-bond acceptors (Lipinski definition) is 3. The van der Waals surface area contributed by atoms with E-state index in [9.17, 15) is 0 Å². The summed E-state index contributed by atoms with van der Waals surface area (Å²) in [5.41, 5.74) is 3.04. The highest BCUT2D eigenvalue weighted by Gasteiger charge is 2.10. The number of aromatic nitrogens is 2. The number of halogens is 1. The molecule has 1 aromatic carbocycles. The van der Waals surface area contributed by atoms with Crippen LogP contribution >= 0.6 is 11.6 Å². The average molecular weight is 280 g/mol. The third-order valence-electron chi connectivity index (χ3n) is 3.02. The summed E-state index contributed by atoms with van der Waals surface area (Å²) in [6.45, 7) is 3.36. The number of benzene rings is 1. The lowest BCUT2D eigenvalue weighted by molar-refractivity contribution is 0.414. The van der Waals surface area contributed by atoms with Gasteiger partial charge < -0.3 is 10.1 Å². The van der Waals surface area contributed by atoms with Crippen LogP contribution in [0, 0.1) is 6.92 Å². The molecule has 0 fully saturated rings. The first kappa shape index (κ1) is 13.9. The molecule has 0 radical (unpaired) electrons. The Bertz CT molecular complexity index is 566. The van der Waals surface area contributed by atoms with Gasteiger partial charge in [-0.15, -0.1) is 0 Å². The first-order valence-corrected chi connectivity index (χ1v) is 6.51. The Hall–Kier alpha value is -1.52. The van der Waals surface area contributed by atoms with Crippen molar-refractivity contribution in [2.45, 2.75) is 20.0 Å². The minimum absolute atomic E-state index is 0.688. The maximum Gasteiger partial charge on any atom is 0.119 e.